The molecule has 1 N–H and O–H groups in total. The molecule has 3 rings (SSSR count). The quantitative estimate of drug-likeness (QED) is 0.770. The van der Waals surface area contributed by atoms with Gasteiger partial charge in [0.05, 0.1) is 5.56 Å². The molecular formula is C18H14O2. The van der Waals surface area contributed by atoms with Crippen LogP contribution in [0.2, 0.25) is 0 Å². The fourth-order valence-electron chi connectivity index (χ4n) is 2.53. The normalized spacial score (nSPS) is 10.6. The fraction of sp³-hybridized carbons (Fsp3) is 0.0556. The summed E-state index contributed by atoms with van der Waals surface area (Å²) in [4.78, 5) is 11.3. The van der Waals surface area contributed by atoms with E-state index in [1.54, 1.807) is 12.1 Å². The highest BCUT2D eigenvalue weighted by Crippen LogP contribution is 2.22. The summed E-state index contributed by atoms with van der Waals surface area (Å²) in [5, 5.41) is 11.6. The molecule has 0 unspecified atom stereocenters. The third-order valence-electron chi connectivity index (χ3n) is 3.51. The van der Waals surface area contributed by atoms with E-state index in [4.69, 9.17) is 0 Å². The van der Waals surface area contributed by atoms with Crippen molar-refractivity contribution in [3.63, 3.8) is 0 Å². The Morgan fingerprint density at radius 2 is 1.45 bits per heavy atom. The summed E-state index contributed by atoms with van der Waals surface area (Å²) < 4.78 is 0. The number of benzene rings is 3. The lowest BCUT2D eigenvalue weighted by Gasteiger charge is -2.09. The molecule has 0 radical (unpaired) electrons. The van der Waals surface area contributed by atoms with Crippen LogP contribution in [0, 0.1) is 0 Å². The van der Waals surface area contributed by atoms with Gasteiger partial charge in [0.25, 0.3) is 0 Å². The van der Waals surface area contributed by atoms with Gasteiger partial charge in [0, 0.05) is 0 Å². The number of aromatic carboxylic acids is 1. The topological polar surface area (TPSA) is 37.3 Å². The Bertz CT molecular complexity index is 770. The van der Waals surface area contributed by atoms with Crippen LogP contribution in [0.1, 0.15) is 21.5 Å². The van der Waals surface area contributed by atoms with E-state index < -0.39 is 5.97 Å². The molecule has 20 heavy (non-hydrogen) atoms. The lowest BCUT2D eigenvalue weighted by molar-refractivity contribution is 0.0696. The second kappa shape index (κ2) is 5.17. The highest BCUT2D eigenvalue weighted by molar-refractivity contribution is 5.90. The first kappa shape index (κ1) is 12.4. The Morgan fingerprint density at radius 3 is 2.30 bits per heavy atom. The van der Waals surface area contributed by atoms with E-state index in [0.717, 1.165) is 11.1 Å². The predicted molar refractivity (Wildman–Crippen MR) is 80.2 cm³/mol. The molecule has 0 spiro atoms. The van der Waals surface area contributed by atoms with Gasteiger partial charge in [-0.25, -0.2) is 4.79 Å². The van der Waals surface area contributed by atoms with Crippen LogP contribution in [-0.2, 0) is 6.42 Å². The SMILES string of the molecule is O=C(O)c1ccccc1Cc1cccc2ccccc12. The van der Waals surface area contributed by atoms with Crippen LogP contribution in [0.3, 0.4) is 0 Å². The minimum atomic E-state index is -0.874. The zero-order chi connectivity index (χ0) is 13.9. The average Bonchev–Trinajstić information content (AvgIpc) is 2.48. The monoisotopic (exact) mass is 262 g/mol. The predicted octanol–water partition coefficient (Wildman–Crippen LogP) is 4.13. The van der Waals surface area contributed by atoms with Crippen LogP contribution in [0.5, 0.6) is 0 Å². The zero-order valence-electron chi connectivity index (χ0n) is 10.9. The van der Waals surface area contributed by atoms with Crippen LogP contribution in [-0.4, -0.2) is 11.1 Å². The molecule has 0 saturated heterocycles. The number of carboxylic acids is 1. The minimum Gasteiger partial charge on any atom is -0.478 e. The Kier molecular flexibility index (Phi) is 3.21. The average molecular weight is 262 g/mol. The Balaban J connectivity index is 2.08. The number of hydrogen-bond acceptors (Lipinski definition) is 1. The van der Waals surface area contributed by atoms with Crippen LogP contribution in [0.4, 0.5) is 0 Å². The lowest BCUT2D eigenvalue weighted by atomic mass is 9.96. The van der Waals surface area contributed by atoms with E-state index in [-0.39, 0.29) is 0 Å². The summed E-state index contributed by atoms with van der Waals surface area (Å²) in [6.07, 6.45) is 0.629. The third kappa shape index (κ3) is 2.28. The highest BCUT2D eigenvalue weighted by Gasteiger charge is 2.10. The van der Waals surface area contributed by atoms with Crippen LogP contribution in [0.25, 0.3) is 10.8 Å². The van der Waals surface area contributed by atoms with Gasteiger partial charge in [-0.2, -0.15) is 0 Å². The maximum atomic E-state index is 11.3. The van der Waals surface area contributed by atoms with Gasteiger partial charge in [-0.1, -0.05) is 60.7 Å². The summed E-state index contributed by atoms with van der Waals surface area (Å²) in [6.45, 7) is 0. The highest BCUT2D eigenvalue weighted by atomic mass is 16.4. The first-order valence-electron chi connectivity index (χ1n) is 6.53. The molecule has 0 atom stereocenters. The van der Waals surface area contributed by atoms with E-state index in [2.05, 4.69) is 24.3 Å². The zero-order valence-corrected chi connectivity index (χ0v) is 10.9. The van der Waals surface area contributed by atoms with Gasteiger partial charge in [0.1, 0.15) is 0 Å². The molecule has 0 aliphatic heterocycles. The van der Waals surface area contributed by atoms with Gasteiger partial charge in [-0.05, 0) is 34.4 Å². The van der Waals surface area contributed by atoms with Gasteiger partial charge in [0.15, 0.2) is 0 Å². The summed E-state index contributed by atoms with van der Waals surface area (Å²) in [7, 11) is 0. The Morgan fingerprint density at radius 1 is 0.800 bits per heavy atom. The van der Waals surface area contributed by atoms with E-state index in [0.29, 0.717) is 12.0 Å². The molecule has 0 heterocycles. The van der Waals surface area contributed by atoms with Crippen molar-refractivity contribution in [1.29, 1.82) is 0 Å². The molecular weight excluding hydrogens is 248 g/mol. The number of fused-ring (bicyclic) bond motifs is 1. The molecule has 0 saturated carbocycles. The second-order valence-corrected chi connectivity index (χ2v) is 4.78. The van der Waals surface area contributed by atoms with Gasteiger partial charge in [0.2, 0.25) is 0 Å². The number of carbonyl (C=O) groups is 1. The summed E-state index contributed by atoms with van der Waals surface area (Å²) in [5.74, 6) is -0.874. The van der Waals surface area contributed by atoms with Crippen LogP contribution >= 0.6 is 0 Å². The van der Waals surface area contributed by atoms with Gasteiger partial charge in [-0.15, -0.1) is 0 Å². The molecule has 3 aromatic rings. The molecule has 3 aromatic carbocycles. The van der Waals surface area contributed by atoms with Crippen molar-refractivity contribution in [2.75, 3.05) is 0 Å². The van der Waals surface area contributed by atoms with Crippen molar-refractivity contribution in [2.45, 2.75) is 6.42 Å². The molecule has 0 fully saturated rings. The molecule has 2 heteroatoms. The maximum absolute atomic E-state index is 11.3. The summed E-state index contributed by atoms with van der Waals surface area (Å²) >= 11 is 0. The molecule has 0 bridgehead atoms. The molecule has 98 valence electrons. The van der Waals surface area contributed by atoms with Gasteiger partial charge < -0.3 is 5.11 Å². The number of carboxylic acid groups (broad SMARTS) is 1. The largest absolute Gasteiger partial charge is 0.478 e. The molecule has 0 aliphatic carbocycles. The van der Waals surface area contributed by atoms with E-state index >= 15 is 0 Å². The van der Waals surface area contributed by atoms with Crippen molar-refractivity contribution in [3.05, 3.63) is 83.4 Å². The molecule has 0 amide bonds. The molecule has 0 aliphatic rings. The minimum absolute atomic E-state index is 0.375. The Labute approximate surface area is 117 Å². The second-order valence-electron chi connectivity index (χ2n) is 4.78. The smallest absolute Gasteiger partial charge is 0.335 e. The maximum Gasteiger partial charge on any atom is 0.335 e. The van der Waals surface area contributed by atoms with E-state index in [1.807, 2.05) is 30.3 Å². The summed E-state index contributed by atoms with van der Waals surface area (Å²) in [5.41, 5.74) is 2.37. The van der Waals surface area contributed by atoms with Crippen molar-refractivity contribution in [1.82, 2.24) is 0 Å². The summed E-state index contributed by atoms with van der Waals surface area (Å²) in [6, 6.07) is 21.5. The fourth-order valence-corrected chi connectivity index (χ4v) is 2.53. The van der Waals surface area contributed by atoms with Crippen LogP contribution < -0.4 is 0 Å². The van der Waals surface area contributed by atoms with Crippen LogP contribution in [0.15, 0.2) is 66.7 Å². The lowest BCUT2D eigenvalue weighted by Crippen LogP contribution is -2.02. The standard InChI is InChI=1S/C18H14O2/c19-18(20)17-11-4-2-7-15(17)12-14-9-5-8-13-6-1-3-10-16(13)14/h1-11H,12H2,(H,19,20). The Hall–Kier alpha value is -2.61. The van der Waals surface area contributed by atoms with Crippen molar-refractivity contribution in [3.8, 4) is 0 Å². The van der Waals surface area contributed by atoms with E-state index in [9.17, 15) is 9.90 Å². The first-order chi connectivity index (χ1) is 9.75. The number of rotatable bonds is 3. The van der Waals surface area contributed by atoms with Gasteiger partial charge >= 0.3 is 5.97 Å². The van der Waals surface area contributed by atoms with Crippen molar-refractivity contribution in [2.24, 2.45) is 0 Å². The van der Waals surface area contributed by atoms with E-state index in [1.165, 1.54) is 10.8 Å². The van der Waals surface area contributed by atoms with Crippen molar-refractivity contribution < 1.29 is 9.90 Å². The van der Waals surface area contributed by atoms with Gasteiger partial charge in [-0.3, -0.25) is 0 Å². The molecule has 2 nitrogen and oxygen atoms in total. The first-order valence-corrected chi connectivity index (χ1v) is 6.53. The molecule has 0 aromatic heterocycles. The van der Waals surface area contributed by atoms with Crippen molar-refractivity contribution >= 4 is 16.7 Å². The third-order valence-corrected chi connectivity index (χ3v) is 3.51. The number of hydrogen-bond donors (Lipinski definition) is 1.